The fourth-order valence-corrected chi connectivity index (χ4v) is 1.92. The summed E-state index contributed by atoms with van der Waals surface area (Å²) in [6.07, 6.45) is 5.38. The van der Waals surface area contributed by atoms with Crippen LogP contribution in [0, 0.1) is 11.7 Å². The number of rotatable bonds is 5. The van der Waals surface area contributed by atoms with Crippen LogP contribution in [0.2, 0.25) is 0 Å². The molecule has 1 aliphatic carbocycles. The van der Waals surface area contributed by atoms with Crippen molar-refractivity contribution in [1.29, 1.82) is 0 Å². The maximum absolute atomic E-state index is 13.3. The molecule has 1 atom stereocenters. The summed E-state index contributed by atoms with van der Waals surface area (Å²) in [5, 5.41) is 3.39. The highest BCUT2D eigenvalue weighted by Gasteiger charge is 2.29. The second-order valence-corrected chi connectivity index (χ2v) is 4.16. The zero-order valence-corrected chi connectivity index (χ0v) is 9.04. The van der Waals surface area contributed by atoms with Gasteiger partial charge in [-0.2, -0.15) is 0 Å². The number of aromatic nitrogens is 1. The molecule has 1 aromatic heterocycles. The van der Waals surface area contributed by atoms with Crippen molar-refractivity contribution in [2.45, 2.75) is 38.8 Å². The molecule has 0 bridgehead atoms. The molecule has 1 fully saturated rings. The number of hydrogen-bond acceptors (Lipinski definition) is 2. The lowest BCUT2D eigenvalue weighted by Gasteiger charge is -2.15. The molecule has 0 spiro atoms. The van der Waals surface area contributed by atoms with Gasteiger partial charge in [-0.15, -0.1) is 0 Å². The topological polar surface area (TPSA) is 24.9 Å². The van der Waals surface area contributed by atoms with Crippen molar-refractivity contribution in [3.8, 4) is 0 Å². The van der Waals surface area contributed by atoms with Crippen LogP contribution in [0.5, 0.6) is 0 Å². The van der Waals surface area contributed by atoms with E-state index in [0.29, 0.717) is 18.3 Å². The third kappa shape index (κ3) is 2.75. The molecule has 3 heteroatoms. The van der Waals surface area contributed by atoms with Crippen LogP contribution in [0.25, 0.3) is 0 Å². The Morgan fingerprint density at radius 3 is 3.00 bits per heavy atom. The number of hydrogen-bond donors (Lipinski definition) is 1. The van der Waals surface area contributed by atoms with Gasteiger partial charge in [0.15, 0.2) is 0 Å². The Morgan fingerprint density at radius 1 is 1.60 bits per heavy atom. The Hall–Kier alpha value is -0.960. The van der Waals surface area contributed by atoms with Crippen LogP contribution in [-0.4, -0.2) is 11.0 Å². The summed E-state index contributed by atoms with van der Waals surface area (Å²) in [5.41, 5.74) is 0.525. The first-order valence-electron chi connectivity index (χ1n) is 5.64. The standard InChI is InChI=1S/C12H17FN2/c1-2-11(9-5-6-9)15-8-12-10(13)4-3-7-14-12/h3-4,7,9,11,15H,2,5-6,8H2,1H3. The average molecular weight is 208 g/mol. The van der Waals surface area contributed by atoms with Crippen LogP contribution in [0.1, 0.15) is 31.9 Å². The summed E-state index contributed by atoms with van der Waals surface area (Å²) in [6.45, 7) is 2.71. The van der Waals surface area contributed by atoms with Crippen molar-refractivity contribution in [2.24, 2.45) is 5.92 Å². The highest BCUT2D eigenvalue weighted by atomic mass is 19.1. The van der Waals surface area contributed by atoms with Crippen LogP contribution in [0.4, 0.5) is 4.39 Å². The van der Waals surface area contributed by atoms with Gasteiger partial charge >= 0.3 is 0 Å². The SMILES string of the molecule is CCC(NCc1ncccc1F)C1CC1. The number of nitrogens with zero attached hydrogens (tertiary/aromatic N) is 1. The van der Waals surface area contributed by atoms with E-state index in [0.717, 1.165) is 12.3 Å². The molecule has 1 N–H and O–H groups in total. The van der Waals surface area contributed by atoms with E-state index in [1.54, 1.807) is 12.3 Å². The summed E-state index contributed by atoms with van der Waals surface area (Å²) in [5.74, 6) is 0.595. The Morgan fingerprint density at radius 2 is 2.40 bits per heavy atom. The molecule has 15 heavy (non-hydrogen) atoms. The van der Waals surface area contributed by atoms with Gasteiger partial charge in [-0.3, -0.25) is 4.98 Å². The quantitative estimate of drug-likeness (QED) is 0.804. The summed E-state index contributed by atoms with van der Waals surface area (Å²) in [7, 11) is 0. The monoisotopic (exact) mass is 208 g/mol. The molecule has 82 valence electrons. The van der Waals surface area contributed by atoms with E-state index < -0.39 is 0 Å². The zero-order chi connectivity index (χ0) is 10.7. The highest BCUT2D eigenvalue weighted by molar-refractivity contribution is 5.07. The van der Waals surface area contributed by atoms with E-state index >= 15 is 0 Å². The molecule has 2 rings (SSSR count). The maximum atomic E-state index is 13.3. The van der Waals surface area contributed by atoms with Gasteiger partial charge in [-0.05, 0) is 37.3 Å². The lowest BCUT2D eigenvalue weighted by molar-refractivity contribution is 0.438. The van der Waals surface area contributed by atoms with E-state index in [-0.39, 0.29) is 5.82 Å². The van der Waals surface area contributed by atoms with Crippen LogP contribution >= 0.6 is 0 Å². The summed E-state index contributed by atoms with van der Waals surface area (Å²) >= 11 is 0. The van der Waals surface area contributed by atoms with Gasteiger partial charge in [-0.25, -0.2) is 4.39 Å². The molecule has 1 saturated carbocycles. The predicted molar refractivity (Wildman–Crippen MR) is 57.8 cm³/mol. The van der Waals surface area contributed by atoms with Crippen LogP contribution in [0.15, 0.2) is 18.3 Å². The summed E-state index contributed by atoms with van der Waals surface area (Å²) in [4.78, 5) is 4.03. The second-order valence-electron chi connectivity index (χ2n) is 4.16. The summed E-state index contributed by atoms with van der Waals surface area (Å²) < 4.78 is 13.3. The van der Waals surface area contributed by atoms with Gasteiger partial charge in [-0.1, -0.05) is 6.92 Å². The molecule has 0 amide bonds. The van der Waals surface area contributed by atoms with E-state index in [4.69, 9.17) is 0 Å². The Labute approximate surface area is 89.9 Å². The van der Waals surface area contributed by atoms with Gasteiger partial charge in [0, 0.05) is 18.8 Å². The predicted octanol–water partition coefficient (Wildman–Crippen LogP) is 2.50. The van der Waals surface area contributed by atoms with Crippen molar-refractivity contribution in [3.05, 3.63) is 29.8 Å². The fourth-order valence-electron chi connectivity index (χ4n) is 1.92. The van der Waals surface area contributed by atoms with E-state index in [9.17, 15) is 4.39 Å². The largest absolute Gasteiger partial charge is 0.308 e. The number of pyridine rings is 1. The smallest absolute Gasteiger partial charge is 0.146 e. The molecule has 0 saturated heterocycles. The molecule has 1 aliphatic rings. The first kappa shape index (κ1) is 10.6. The van der Waals surface area contributed by atoms with Crippen LogP contribution < -0.4 is 5.32 Å². The Kier molecular flexibility index (Phi) is 3.31. The average Bonchev–Trinajstić information content (AvgIpc) is 3.06. The second kappa shape index (κ2) is 4.71. The third-order valence-corrected chi connectivity index (χ3v) is 3.00. The van der Waals surface area contributed by atoms with Gasteiger partial charge in [0.05, 0.1) is 5.69 Å². The first-order chi connectivity index (χ1) is 7.31. The Balaban J connectivity index is 1.89. The van der Waals surface area contributed by atoms with E-state index in [1.165, 1.54) is 18.9 Å². The molecular formula is C12H17FN2. The lowest BCUT2D eigenvalue weighted by Crippen LogP contribution is -2.30. The molecule has 1 heterocycles. The molecule has 2 nitrogen and oxygen atoms in total. The maximum Gasteiger partial charge on any atom is 0.146 e. The molecule has 1 unspecified atom stereocenters. The van der Waals surface area contributed by atoms with Crippen molar-refractivity contribution in [1.82, 2.24) is 10.3 Å². The van der Waals surface area contributed by atoms with Gasteiger partial charge in [0.2, 0.25) is 0 Å². The number of halogens is 1. The van der Waals surface area contributed by atoms with E-state index in [2.05, 4.69) is 17.2 Å². The minimum absolute atomic E-state index is 0.212. The fraction of sp³-hybridized carbons (Fsp3) is 0.583. The molecular weight excluding hydrogens is 191 g/mol. The number of nitrogens with one attached hydrogen (secondary N) is 1. The minimum atomic E-state index is -0.212. The van der Waals surface area contributed by atoms with Gasteiger partial charge in [0.1, 0.15) is 5.82 Å². The lowest BCUT2D eigenvalue weighted by atomic mass is 10.1. The normalized spacial score (nSPS) is 17.7. The third-order valence-electron chi connectivity index (χ3n) is 3.00. The zero-order valence-electron chi connectivity index (χ0n) is 9.04. The minimum Gasteiger partial charge on any atom is -0.308 e. The van der Waals surface area contributed by atoms with Gasteiger partial charge < -0.3 is 5.32 Å². The van der Waals surface area contributed by atoms with Crippen molar-refractivity contribution in [2.75, 3.05) is 0 Å². The first-order valence-corrected chi connectivity index (χ1v) is 5.64. The summed E-state index contributed by atoms with van der Waals surface area (Å²) in [6, 6.07) is 3.62. The molecule has 0 aromatic carbocycles. The van der Waals surface area contributed by atoms with E-state index in [1.807, 2.05) is 0 Å². The molecule has 1 aromatic rings. The van der Waals surface area contributed by atoms with Crippen molar-refractivity contribution in [3.63, 3.8) is 0 Å². The van der Waals surface area contributed by atoms with Gasteiger partial charge in [0.25, 0.3) is 0 Å². The van der Waals surface area contributed by atoms with Crippen LogP contribution in [-0.2, 0) is 6.54 Å². The molecule has 0 radical (unpaired) electrons. The molecule has 0 aliphatic heterocycles. The van der Waals surface area contributed by atoms with Crippen molar-refractivity contribution >= 4 is 0 Å². The Bertz CT molecular complexity index is 323. The van der Waals surface area contributed by atoms with Crippen molar-refractivity contribution < 1.29 is 4.39 Å². The van der Waals surface area contributed by atoms with Crippen LogP contribution in [0.3, 0.4) is 0 Å². The highest BCUT2D eigenvalue weighted by Crippen LogP contribution is 2.33.